The van der Waals surface area contributed by atoms with Crippen LogP contribution in [0.1, 0.15) is 16.7 Å². The van der Waals surface area contributed by atoms with Crippen LogP contribution in [-0.2, 0) is 17.9 Å². The van der Waals surface area contributed by atoms with Gasteiger partial charge in [0.2, 0.25) is 5.91 Å². The molecule has 0 unspecified atom stereocenters. The number of nitrogens with one attached hydrogen (secondary N) is 1. The van der Waals surface area contributed by atoms with Gasteiger partial charge in [-0.2, -0.15) is 22.7 Å². The van der Waals surface area contributed by atoms with Crippen molar-refractivity contribution in [1.29, 1.82) is 0 Å². The Labute approximate surface area is 180 Å². The standard InChI is InChI=1S/C21H18F4N4O3/c22-20(23)31-17-7-5-16(18(9-17)32-21(24)25)6-8-19(30)27-10-14-1-3-15(4-2-14)11-29-13-26-12-28-29/h1-9,12-13,20-21H,10-11H2,(H,27,30)/b8-6+. The molecule has 0 fully saturated rings. The molecule has 7 nitrogen and oxygen atoms in total. The lowest BCUT2D eigenvalue weighted by atomic mass is 10.1. The molecule has 32 heavy (non-hydrogen) atoms. The molecule has 0 bridgehead atoms. The Morgan fingerprint density at radius 2 is 1.75 bits per heavy atom. The van der Waals surface area contributed by atoms with Crippen molar-refractivity contribution in [3.05, 3.63) is 77.9 Å². The normalized spacial score (nSPS) is 11.3. The molecule has 3 aromatic rings. The van der Waals surface area contributed by atoms with E-state index in [4.69, 9.17) is 0 Å². The van der Waals surface area contributed by atoms with Gasteiger partial charge in [-0.05, 0) is 29.3 Å². The molecule has 0 saturated carbocycles. The SMILES string of the molecule is O=C(/C=C/c1ccc(OC(F)F)cc1OC(F)F)NCc1ccc(Cn2cncn2)cc1. The van der Waals surface area contributed by atoms with Crippen molar-refractivity contribution in [2.24, 2.45) is 0 Å². The van der Waals surface area contributed by atoms with Crippen molar-refractivity contribution in [3.8, 4) is 11.5 Å². The van der Waals surface area contributed by atoms with Crippen LogP contribution >= 0.6 is 0 Å². The maximum atomic E-state index is 12.6. The van der Waals surface area contributed by atoms with E-state index in [1.807, 2.05) is 24.3 Å². The first-order valence-electron chi connectivity index (χ1n) is 9.29. The van der Waals surface area contributed by atoms with Gasteiger partial charge in [-0.25, -0.2) is 9.67 Å². The number of aromatic nitrogens is 3. The van der Waals surface area contributed by atoms with Crippen molar-refractivity contribution >= 4 is 12.0 Å². The molecule has 1 N–H and O–H groups in total. The molecule has 3 rings (SSSR count). The summed E-state index contributed by atoms with van der Waals surface area (Å²) in [7, 11) is 0. The van der Waals surface area contributed by atoms with Crippen LogP contribution in [0.2, 0.25) is 0 Å². The molecular weight excluding hydrogens is 432 g/mol. The maximum Gasteiger partial charge on any atom is 0.387 e. The second-order valence-electron chi connectivity index (χ2n) is 6.42. The fourth-order valence-electron chi connectivity index (χ4n) is 2.70. The topological polar surface area (TPSA) is 78.3 Å². The van der Waals surface area contributed by atoms with Crippen LogP contribution in [0.4, 0.5) is 17.6 Å². The molecule has 1 heterocycles. The molecule has 0 radical (unpaired) electrons. The average molecular weight is 450 g/mol. The van der Waals surface area contributed by atoms with Gasteiger partial charge >= 0.3 is 13.2 Å². The van der Waals surface area contributed by atoms with Gasteiger partial charge in [0.1, 0.15) is 24.2 Å². The predicted octanol–water partition coefficient (Wildman–Crippen LogP) is 3.86. The monoisotopic (exact) mass is 450 g/mol. The van der Waals surface area contributed by atoms with E-state index in [1.165, 1.54) is 18.5 Å². The van der Waals surface area contributed by atoms with E-state index in [0.29, 0.717) is 6.54 Å². The van der Waals surface area contributed by atoms with E-state index in [1.54, 1.807) is 11.0 Å². The summed E-state index contributed by atoms with van der Waals surface area (Å²) in [6.07, 6.45) is 5.42. The highest BCUT2D eigenvalue weighted by atomic mass is 19.3. The fraction of sp³-hybridized carbons (Fsp3) is 0.190. The maximum absolute atomic E-state index is 12.6. The van der Waals surface area contributed by atoms with Crippen LogP contribution in [0, 0.1) is 0 Å². The van der Waals surface area contributed by atoms with Gasteiger partial charge in [0.05, 0.1) is 6.54 Å². The van der Waals surface area contributed by atoms with E-state index in [-0.39, 0.29) is 17.9 Å². The third-order valence-corrected chi connectivity index (χ3v) is 4.14. The zero-order valence-electron chi connectivity index (χ0n) is 16.5. The molecule has 0 aliphatic heterocycles. The number of carbonyl (C=O) groups is 1. The van der Waals surface area contributed by atoms with Gasteiger partial charge in [0.25, 0.3) is 0 Å². The number of halogens is 4. The minimum absolute atomic E-state index is 0.0968. The first-order chi connectivity index (χ1) is 15.4. The lowest BCUT2D eigenvalue weighted by Crippen LogP contribution is -2.20. The zero-order chi connectivity index (χ0) is 22.9. The third kappa shape index (κ3) is 7.11. The van der Waals surface area contributed by atoms with Gasteiger partial charge in [0.15, 0.2) is 0 Å². The number of hydrogen-bond acceptors (Lipinski definition) is 5. The predicted molar refractivity (Wildman–Crippen MR) is 106 cm³/mol. The number of alkyl halides is 4. The molecular formula is C21H18F4N4O3. The van der Waals surface area contributed by atoms with Crippen LogP contribution in [0.15, 0.2) is 61.2 Å². The number of ether oxygens (including phenoxy) is 2. The lowest BCUT2D eigenvalue weighted by Gasteiger charge is -2.11. The van der Waals surface area contributed by atoms with Crippen LogP contribution in [-0.4, -0.2) is 33.9 Å². The number of carbonyl (C=O) groups excluding carboxylic acids is 1. The Balaban J connectivity index is 1.57. The first-order valence-corrected chi connectivity index (χ1v) is 9.29. The van der Waals surface area contributed by atoms with Crippen molar-refractivity contribution in [3.63, 3.8) is 0 Å². The Morgan fingerprint density at radius 3 is 2.41 bits per heavy atom. The summed E-state index contributed by atoms with van der Waals surface area (Å²) >= 11 is 0. The molecule has 1 aromatic heterocycles. The second kappa shape index (κ2) is 10.9. The largest absolute Gasteiger partial charge is 0.435 e. The highest BCUT2D eigenvalue weighted by Crippen LogP contribution is 2.28. The molecule has 2 aromatic carbocycles. The number of nitrogens with zero attached hydrogens (tertiary/aromatic N) is 3. The van der Waals surface area contributed by atoms with E-state index < -0.39 is 24.9 Å². The van der Waals surface area contributed by atoms with Gasteiger partial charge in [-0.3, -0.25) is 4.79 Å². The molecule has 0 aliphatic rings. The summed E-state index contributed by atoms with van der Waals surface area (Å²) in [5, 5.41) is 6.69. The van der Waals surface area contributed by atoms with Crippen molar-refractivity contribution < 1.29 is 31.8 Å². The van der Waals surface area contributed by atoms with Gasteiger partial charge in [-0.15, -0.1) is 0 Å². The molecule has 1 amide bonds. The van der Waals surface area contributed by atoms with Gasteiger partial charge in [-0.1, -0.05) is 24.3 Å². The average Bonchev–Trinajstić information content (AvgIpc) is 3.25. The summed E-state index contributed by atoms with van der Waals surface area (Å²) in [4.78, 5) is 16.0. The summed E-state index contributed by atoms with van der Waals surface area (Å²) in [6, 6.07) is 10.8. The lowest BCUT2D eigenvalue weighted by molar-refractivity contribution is -0.116. The highest BCUT2D eigenvalue weighted by molar-refractivity contribution is 5.92. The summed E-state index contributed by atoms with van der Waals surface area (Å²) < 4.78 is 60.0. The Kier molecular flexibility index (Phi) is 7.79. The van der Waals surface area contributed by atoms with Crippen molar-refractivity contribution in [1.82, 2.24) is 20.1 Å². The molecule has 0 saturated heterocycles. The number of hydrogen-bond donors (Lipinski definition) is 1. The second-order valence-corrected chi connectivity index (χ2v) is 6.42. The summed E-state index contributed by atoms with van der Waals surface area (Å²) in [5.74, 6) is -1.22. The zero-order valence-corrected chi connectivity index (χ0v) is 16.5. The molecule has 11 heteroatoms. The van der Waals surface area contributed by atoms with Crippen LogP contribution in [0.3, 0.4) is 0 Å². The Bertz CT molecular complexity index is 1040. The van der Waals surface area contributed by atoms with Gasteiger partial charge in [0, 0.05) is 24.3 Å². The fourth-order valence-corrected chi connectivity index (χ4v) is 2.70. The van der Waals surface area contributed by atoms with Gasteiger partial charge < -0.3 is 14.8 Å². The third-order valence-electron chi connectivity index (χ3n) is 4.14. The first kappa shape index (κ1) is 22.8. The van der Waals surface area contributed by atoms with Crippen molar-refractivity contribution in [2.45, 2.75) is 26.3 Å². The number of amides is 1. The summed E-state index contributed by atoms with van der Waals surface area (Å²) in [6.45, 7) is -5.48. The minimum atomic E-state index is -3.18. The van der Waals surface area contributed by atoms with E-state index in [2.05, 4.69) is 24.9 Å². The van der Waals surface area contributed by atoms with Crippen molar-refractivity contribution in [2.75, 3.05) is 0 Å². The molecule has 0 spiro atoms. The number of rotatable bonds is 10. The smallest absolute Gasteiger partial charge is 0.387 e. The molecule has 0 aliphatic carbocycles. The number of benzene rings is 2. The highest BCUT2D eigenvalue weighted by Gasteiger charge is 2.12. The van der Waals surface area contributed by atoms with Crippen LogP contribution < -0.4 is 14.8 Å². The van der Waals surface area contributed by atoms with E-state index in [9.17, 15) is 22.4 Å². The minimum Gasteiger partial charge on any atom is -0.435 e. The quantitative estimate of drug-likeness (QED) is 0.375. The Hall–Kier alpha value is -3.89. The van der Waals surface area contributed by atoms with E-state index >= 15 is 0 Å². The summed E-state index contributed by atoms with van der Waals surface area (Å²) in [5.41, 5.74) is 1.96. The van der Waals surface area contributed by atoms with Crippen LogP contribution in [0.25, 0.3) is 6.08 Å². The molecule has 168 valence electrons. The van der Waals surface area contributed by atoms with Crippen LogP contribution in [0.5, 0.6) is 11.5 Å². The van der Waals surface area contributed by atoms with E-state index in [0.717, 1.165) is 29.3 Å². The Morgan fingerprint density at radius 1 is 1.03 bits per heavy atom. The molecule has 0 atom stereocenters.